The lowest BCUT2D eigenvalue weighted by Gasteiger charge is -2.15. The van der Waals surface area contributed by atoms with Gasteiger partial charge in [0.05, 0.1) is 0 Å². The minimum atomic E-state index is 1.05. The molecule has 1 saturated heterocycles. The summed E-state index contributed by atoms with van der Waals surface area (Å²) in [5.74, 6) is 0. The average Bonchev–Trinajstić information content (AvgIpc) is 2.34. The molecule has 0 atom stereocenters. The summed E-state index contributed by atoms with van der Waals surface area (Å²) in [5.41, 5.74) is 0. The third-order valence-electron chi connectivity index (χ3n) is 1.56. The molecule has 0 amide bonds. The second-order valence-corrected chi connectivity index (χ2v) is 2.83. The first-order valence-electron chi connectivity index (χ1n) is 3.67. The van der Waals surface area contributed by atoms with Crippen LogP contribution in [-0.4, -0.2) is 50.1 Å². The maximum atomic E-state index is 3.07. The Morgan fingerprint density at radius 1 is 1.60 bits per heavy atom. The van der Waals surface area contributed by atoms with Crippen molar-refractivity contribution >= 4 is 0 Å². The van der Waals surface area contributed by atoms with Gasteiger partial charge < -0.3 is 4.90 Å². The van der Waals surface area contributed by atoms with Crippen molar-refractivity contribution in [1.29, 1.82) is 0 Å². The topological polar surface area (TPSA) is 18.5 Å². The van der Waals surface area contributed by atoms with Gasteiger partial charge in [0.1, 0.15) is 6.67 Å². The molecule has 1 heterocycles. The predicted octanol–water partition coefficient (Wildman–Crippen LogP) is -0.551. The standard InChI is InChI=1S/C7H15N3/c1-9(2)5-6-10-4-3-8-7-10/h8H,3-6H2,1-2H3. The first-order chi connectivity index (χ1) is 4.79. The quantitative estimate of drug-likeness (QED) is 0.569. The fourth-order valence-corrected chi connectivity index (χ4v) is 0.903. The van der Waals surface area contributed by atoms with Gasteiger partial charge in [0.15, 0.2) is 0 Å². The largest absolute Gasteiger partial charge is 0.308 e. The van der Waals surface area contributed by atoms with E-state index in [0.717, 1.165) is 26.2 Å². The summed E-state index contributed by atoms with van der Waals surface area (Å²) in [7, 11) is 4.17. The van der Waals surface area contributed by atoms with Crippen LogP contribution in [0.15, 0.2) is 0 Å². The number of nitrogens with one attached hydrogen (secondary N) is 1. The van der Waals surface area contributed by atoms with Crippen molar-refractivity contribution in [3.05, 3.63) is 6.67 Å². The molecule has 0 aromatic carbocycles. The summed E-state index contributed by atoms with van der Waals surface area (Å²) in [6.07, 6.45) is 0. The maximum Gasteiger partial charge on any atom is 0.143 e. The molecule has 10 heavy (non-hydrogen) atoms. The van der Waals surface area contributed by atoms with Gasteiger partial charge in [-0.1, -0.05) is 0 Å². The van der Waals surface area contributed by atoms with E-state index in [1.807, 2.05) is 0 Å². The molecule has 58 valence electrons. The molecule has 1 aliphatic rings. The van der Waals surface area contributed by atoms with Gasteiger partial charge in [-0.2, -0.15) is 0 Å². The molecule has 0 unspecified atom stereocenters. The summed E-state index contributed by atoms with van der Waals surface area (Å²) < 4.78 is 0. The monoisotopic (exact) mass is 141 g/mol. The molecule has 2 radical (unpaired) electrons. The smallest absolute Gasteiger partial charge is 0.143 e. The van der Waals surface area contributed by atoms with Crippen molar-refractivity contribution in [1.82, 2.24) is 15.1 Å². The highest BCUT2D eigenvalue weighted by molar-refractivity contribution is 4.75. The summed E-state index contributed by atoms with van der Waals surface area (Å²) >= 11 is 0. The zero-order valence-corrected chi connectivity index (χ0v) is 6.72. The molecule has 3 heteroatoms. The van der Waals surface area contributed by atoms with E-state index in [1.165, 1.54) is 0 Å². The first kappa shape index (κ1) is 7.98. The van der Waals surface area contributed by atoms with Crippen LogP contribution in [0.4, 0.5) is 0 Å². The van der Waals surface area contributed by atoms with Crippen molar-refractivity contribution in [2.75, 3.05) is 40.3 Å². The lowest BCUT2D eigenvalue weighted by molar-refractivity contribution is 0.311. The van der Waals surface area contributed by atoms with Crippen LogP contribution in [0, 0.1) is 6.67 Å². The maximum absolute atomic E-state index is 3.07. The van der Waals surface area contributed by atoms with Crippen molar-refractivity contribution in [3.63, 3.8) is 0 Å². The van der Waals surface area contributed by atoms with Crippen LogP contribution in [0.2, 0.25) is 0 Å². The Kier molecular flexibility index (Phi) is 3.12. The van der Waals surface area contributed by atoms with Gasteiger partial charge in [-0.05, 0) is 14.1 Å². The highest BCUT2D eigenvalue weighted by Gasteiger charge is 2.11. The third-order valence-corrected chi connectivity index (χ3v) is 1.56. The lowest BCUT2D eigenvalue weighted by atomic mass is 10.5. The normalized spacial score (nSPS) is 20.7. The number of likely N-dealkylation sites (N-methyl/N-ethyl adjacent to an activating group) is 1. The van der Waals surface area contributed by atoms with E-state index >= 15 is 0 Å². The predicted molar refractivity (Wildman–Crippen MR) is 41.4 cm³/mol. The van der Waals surface area contributed by atoms with Gasteiger partial charge in [-0.15, -0.1) is 0 Å². The molecule has 1 N–H and O–H groups in total. The Labute approximate surface area is 63.0 Å². The zero-order valence-electron chi connectivity index (χ0n) is 6.72. The fraction of sp³-hybridized carbons (Fsp3) is 0.857. The highest BCUT2D eigenvalue weighted by atomic mass is 15.3. The molecule has 0 bridgehead atoms. The van der Waals surface area contributed by atoms with Crippen molar-refractivity contribution in [2.45, 2.75) is 0 Å². The van der Waals surface area contributed by atoms with Crippen LogP contribution in [0.5, 0.6) is 0 Å². The minimum Gasteiger partial charge on any atom is -0.308 e. The molecular formula is C7H15N3. The molecule has 1 aliphatic heterocycles. The third kappa shape index (κ3) is 2.64. The Bertz CT molecular complexity index is 86.9. The van der Waals surface area contributed by atoms with Crippen molar-refractivity contribution in [3.8, 4) is 0 Å². The molecule has 0 spiro atoms. The Hall–Kier alpha value is -0.120. The fourth-order valence-electron chi connectivity index (χ4n) is 0.903. The molecule has 0 saturated carbocycles. The van der Waals surface area contributed by atoms with E-state index < -0.39 is 0 Å². The molecule has 1 rings (SSSR count). The average molecular weight is 141 g/mol. The van der Waals surface area contributed by atoms with Crippen LogP contribution in [0.25, 0.3) is 0 Å². The Balaban J connectivity index is 2.01. The minimum absolute atomic E-state index is 1.05. The van der Waals surface area contributed by atoms with E-state index in [2.05, 4.69) is 35.9 Å². The van der Waals surface area contributed by atoms with Gasteiger partial charge in [-0.25, -0.2) is 0 Å². The summed E-state index contributed by atoms with van der Waals surface area (Å²) in [6.45, 7) is 7.41. The number of hydrogen-bond acceptors (Lipinski definition) is 3. The highest BCUT2D eigenvalue weighted by Crippen LogP contribution is 1.95. The molecule has 1 fully saturated rings. The van der Waals surface area contributed by atoms with Crippen molar-refractivity contribution < 1.29 is 0 Å². The SMILES string of the molecule is CN(C)CCN1[C]NCC1. The van der Waals surface area contributed by atoms with Crippen LogP contribution >= 0.6 is 0 Å². The van der Waals surface area contributed by atoms with E-state index in [4.69, 9.17) is 0 Å². The molecular weight excluding hydrogens is 126 g/mol. The van der Waals surface area contributed by atoms with E-state index in [0.29, 0.717) is 0 Å². The second-order valence-electron chi connectivity index (χ2n) is 2.83. The van der Waals surface area contributed by atoms with Gasteiger partial charge in [0.2, 0.25) is 0 Å². The van der Waals surface area contributed by atoms with Gasteiger partial charge in [-0.3, -0.25) is 10.2 Å². The molecule has 3 nitrogen and oxygen atoms in total. The molecule has 0 aromatic rings. The van der Waals surface area contributed by atoms with Crippen LogP contribution in [-0.2, 0) is 0 Å². The second kappa shape index (κ2) is 3.91. The summed E-state index contributed by atoms with van der Waals surface area (Å²) in [6, 6.07) is 0. The van der Waals surface area contributed by atoms with Gasteiger partial charge in [0, 0.05) is 26.2 Å². The van der Waals surface area contributed by atoms with Gasteiger partial charge >= 0.3 is 0 Å². The van der Waals surface area contributed by atoms with E-state index in [9.17, 15) is 0 Å². The van der Waals surface area contributed by atoms with Crippen molar-refractivity contribution in [2.24, 2.45) is 0 Å². The summed E-state index contributed by atoms with van der Waals surface area (Å²) in [5, 5.41) is 3.05. The van der Waals surface area contributed by atoms with Gasteiger partial charge in [0.25, 0.3) is 0 Å². The number of nitrogens with zero attached hydrogens (tertiary/aromatic N) is 2. The number of rotatable bonds is 3. The lowest BCUT2D eigenvalue weighted by Crippen LogP contribution is -2.28. The van der Waals surface area contributed by atoms with E-state index in [1.54, 1.807) is 0 Å². The van der Waals surface area contributed by atoms with Crippen LogP contribution in [0.3, 0.4) is 0 Å². The summed E-state index contributed by atoms with van der Waals surface area (Å²) in [4.78, 5) is 4.36. The molecule has 0 aromatic heterocycles. The number of hydrogen-bond donors (Lipinski definition) is 1. The Morgan fingerprint density at radius 3 is 2.90 bits per heavy atom. The van der Waals surface area contributed by atoms with Crippen LogP contribution in [0.1, 0.15) is 0 Å². The van der Waals surface area contributed by atoms with Crippen LogP contribution < -0.4 is 5.32 Å². The zero-order chi connectivity index (χ0) is 7.40. The van der Waals surface area contributed by atoms with E-state index in [-0.39, 0.29) is 0 Å². The molecule has 0 aliphatic carbocycles. The first-order valence-corrected chi connectivity index (χ1v) is 3.67. The Morgan fingerprint density at radius 2 is 2.40 bits per heavy atom.